The molecule has 251 valence electrons. The molecule has 0 amide bonds. The largest absolute Gasteiger partial charge is 0.500 e. The molecule has 4 aromatic carbocycles. The number of fused-ring (bicyclic) bond motifs is 3. The molecule has 3 heterocycles. The fraction of sp³-hybridized carbons (Fsp3) is 0.190. The van der Waals surface area contributed by atoms with Gasteiger partial charge in [-0.2, -0.15) is 0 Å². The van der Waals surface area contributed by atoms with Crippen molar-refractivity contribution in [1.29, 1.82) is 0 Å². The van der Waals surface area contributed by atoms with Gasteiger partial charge in [0.25, 0.3) is 0 Å². The molecule has 0 spiro atoms. The van der Waals surface area contributed by atoms with Crippen molar-refractivity contribution < 1.29 is 41.5 Å². The molecule has 7 rings (SSSR count). The van der Waals surface area contributed by atoms with Crippen LogP contribution in [0.3, 0.4) is 0 Å². The van der Waals surface area contributed by atoms with E-state index in [4.69, 9.17) is 12.6 Å². The molecule has 7 aromatic rings. The fourth-order valence-corrected chi connectivity index (χ4v) is 7.45. The van der Waals surface area contributed by atoms with Crippen molar-refractivity contribution in [3.8, 4) is 33.6 Å². The molecule has 3 nitrogen and oxygen atoms in total. The zero-order valence-corrected chi connectivity index (χ0v) is 31.4. The summed E-state index contributed by atoms with van der Waals surface area (Å²) in [5.41, 5.74) is 9.27. The van der Waals surface area contributed by atoms with Crippen molar-refractivity contribution in [1.82, 2.24) is 9.97 Å². The second kappa shape index (κ2) is 14.3. The number of nitrogens with zero attached hydrogens (tertiary/aromatic N) is 2. The molecule has 0 saturated carbocycles. The number of aromatic nitrogens is 2. The average Bonchev–Trinajstić information content (AvgIpc) is 3.46. The van der Waals surface area contributed by atoms with Crippen molar-refractivity contribution >= 4 is 35.2 Å². The van der Waals surface area contributed by atoms with E-state index in [0.29, 0.717) is 39.0 Å². The Morgan fingerprint density at radius 1 is 0.796 bits per heavy atom. The summed E-state index contributed by atoms with van der Waals surface area (Å²) in [6.07, 6.45) is 3.40. The van der Waals surface area contributed by atoms with Gasteiger partial charge in [0.1, 0.15) is 17.2 Å². The third-order valence-corrected chi connectivity index (χ3v) is 10.2. The Kier molecular flexibility index (Phi) is 8.32. The molecule has 0 saturated heterocycles. The first-order valence-corrected chi connectivity index (χ1v) is 19.0. The molecule has 0 aliphatic rings. The predicted octanol–water partition coefficient (Wildman–Crippen LogP) is 11.0. The van der Waals surface area contributed by atoms with Crippen LogP contribution in [0.2, 0.25) is 19.6 Å². The summed E-state index contributed by atoms with van der Waals surface area (Å²) in [5.74, 6) is -1.32. The maximum absolute atomic E-state index is 14.4. The average molecular weight is 851 g/mol. The van der Waals surface area contributed by atoms with E-state index in [2.05, 4.69) is 74.6 Å². The van der Waals surface area contributed by atoms with Crippen LogP contribution in [0.1, 0.15) is 36.0 Å². The summed E-state index contributed by atoms with van der Waals surface area (Å²) in [6, 6.07) is 26.0. The van der Waals surface area contributed by atoms with E-state index in [0.717, 1.165) is 22.4 Å². The summed E-state index contributed by atoms with van der Waals surface area (Å²) >= 11 is 0. The van der Waals surface area contributed by atoms with E-state index in [9.17, 15) is 8.78 Å². The minimum Gasteiger partial charge on any atom is -0.500 e. The number of halogens is 2. The van der Waals surface area contributed by atoms with E-state index in [1.54, 1.807) is 36.7 Å². The van der Waals surface area contributed by atoms with Crippen molar-refractivity contribution in [3.63, 3.8) is 0 Å². The molecule has 0 atom stereocenters. The van der Waals surface area contributed by atoms with E-state index in [1.165, 1.54) is 34.9 Å². The number of aryl methyl sites for hydroxylation is 5. The summed E-state index contributed by atoms with van der Waals surface area (Å²) in [7, 11) is -1.85. The van der Waals surface area contributed by atoms with Crippen LogP contribution in [0.4, 0.5) is 8.78 Å². The van der Waals surface area contributed by atoms with E-state index in [1.807, 2.05) is 12.1 Å². The number of rotatable bonds is 4. The smallest absolute Gasteiger partial charge is 0.136 e. The Morgan fingerprint density at radius 3 is 2.24 bits per heavy atom. The van der Waals surface area contributed by atoms with Crippen LogP contribution < -0.4 is 5.19 Å². The van der Waals surface area contributed by atoms with Crippen molar-refractivity contribution in [2.45, 2.75) is 54.1 Å². The van der Waals surface area contributed by atoms with Gasteiger partial charge in [-0.1, -0.05) is 72.8 Å². The van der Waals surface area contributed by atoms with Gasteiger partial charge in [-0.15, -0.1) is 53.6 Å². The van der Waals surface area contributed by atoms with Crippen molar-refractivity contribution in [3.05, 3.63) is 137 Å². The van der Waals surface area contributed by atoms with Gasteiger partial charge in [-0.25, -0.2) is 8.78 Å². The number of hydrogen-bond acceptors (Lipinski definition) is 3. The van der Waals surface area contributed by atoms with Gasteiger partial charge < -0.3 is 14.4 Å². The molecule has 0 fully saturated rings. The maximum atomic E-state index is 14.4. The molecular formula is C42H38F2IrN2OSi-2. The van der Waals surface area contributed by atoms with Crippen molar-refractivity contribution in [2.24, 2.45) is 0 Å². The first kappa shape index (κ1) is 28.5. The second-order valence-corrected chi connectivity index (χ2v) is 18.1. The van der Waals surface area contributed by atoms with Crippen LogP contribution in [0.5, 0.6) is 0 Å². The second-order valence-electron chi connectivity index (χ2n) is 13.0. The molecule has 0 aliphatic carbocycles. The van der Waals surface area contributed by atoms with Gasteiger partial charge in [-0.05, 0) is 72.5 Å². The van der Waals surface area contributed by atoms with Gasteiger partial charge in [0, 0.05) is 58.2 Å². The fourth-order valence-electron chi connectivity index (χ4n) is 6.12. The summed E-state index contributed by atoms with van der Waals surface area (Å²) in [4.78, 5) is 8.91. The van der Waals surface area contributed by atoms with Crippen LogP contribution in [0, 0.1) is 58.2 Å². The third-order valence-electron chi connectivity index (χ3n) is 8.23. The van der Waals surface area contributed by atoms with Crippen LogP contribution in [0.15, 0.2) is 89.6 Å². The maximum Gasteiger partial charge on any atom is 0.136 e. The van der Waals surface area contributed by atoms with Crippen LogP contribution in [-0.4, -0.2) is 18.0 Å². The monoisotopic (exact) mass is 851 g/mol. The van der Waals surface area contributed by atoms with E-state index < -0.39 is 33.4 Å². The Morgan fingerprint density at radius 2 is 1.57 bits per heavy atom. The number of pyridine rings is 2. The molecule has 0 unspecified atom stereocenters. The third kappa shape index (κ3) is 7.50. The van der Waals surface area contributed by atoms with Gasteiger partial charge in [0.15, 0.2) is 0 Å². The molecule has 3 aromatic heterocycles. The summed E-state index contributed by atoms with van der Waals surface area (Å²) in [5, 5.41) is 1.65. The van der Waals surface area contributed by atoms with Gasteiger partial charge in [0.05, 0.1) is 13.7 Å². The minimum absolute atomic E-state index is 0. The molecule has 0 N–H and O–H groups in total. The van der Waals surface area contributed by atoms with Gasteiger partial charge in [-0.3, -0.25) is 0 Å². The zero-order chi connectivity index (χ0) is 39.3. The summed E-state index contributed by atoms with van der Waals surface area (Å²) in [6.45, 7) is 8.11. The van der Waals surface area contributed by atoms with E-state index in [-0.39, 0.29) is 36.6 Å². The summed E-state index contributed by atoms with van der Waals surface area (Å²) < 4.78 is 79.6. The first-order valence-electron chi connectivity index (χ1n) is 18.5. The van der Waals surface area contributed by atoms with Crippen molar-refractivity contribution in [2.75, 3.05) is 0 Å². The predicted molar refractivity (Wildman–Crippen MR) is 196 cm³/mol. The molecule has 7 heteroatoms. The number of furan rings is 1. The SMILES string of the molecule is Cc1cc(C)c(-c2ccnc(-c3[c-]ccc4c3oc3cc(F)cc(F)c34)c2)c(C)c1.[2H]C([2H])([2H])c1c[c-]c(-c2cc(C([2H])([2H])[2H])c([Si](C)(C)C)cn2)cc1.[Ir]. The Bertz CT molecular complexity index is 2500. The van der Waals surface area contributed by atoms with E-state index >= 15 is 0 Å². The zero-order valence-electron chi connectivity index (χ0n) is 34.0. The molecule has 0 bridgehead atoms. The molecule has 1 radical (unpaired) electrons. The molecular weight excluding hydrogens is 807 g/mol. The molecule has 49 heavy (non-hydrogen) atoms. The van der Waals surface area contributed by atoms with Gasteiger partial charge >= 0.3 is 0 Å². The Balaban J connectivity index is 0.000000213. The molecule has 0 aliphatic heterocycles. The Hall–Kier alpha value is -4.29. The van der Waals surface area contributed by atoms with Crippen LogP contribution >= 0.6 is 0 Å². The minimum atomic E-state index is -2.22. The Labute approximate surface area is 310 Å². The number of hydrogen-bond donors (Lipinski definition) is 0. The topological polar surface area (TPSA) is 38.9 Å². The number of benzene rings is 4. The van der Waals surface area contributed by atoms with Crippen LogP contribution in [-0.2, 0) is 20.1 Å². The van der Waals surface area contributed by atoms with Gasteiger partial charge in [0.2, 0.25) is 0 Å². The standard InChI is InChI=1S/C26H18F2NO.C16H20NSi.Ir/c1-14-9-15(2)24(16(3)10-14)17-7-8-29-22(11-17)19-5-4-6-20-25-21(28)12-18(27)13-23(25)30-26(19)20;1-12-6-8-14(9-7-12)15-10-13(2)16(11-17-15)18(3,4)5;/h4,6-13H,1-3H3;6-8,10-11H,1-5H3;/q2*-1;/i;1D3,2D3;. The quantitative estimate of drug-likeness (QED) is 0.131. The van der Waals surface area contributed by atoms with Crippen LogP contribution in [0.25, 0.3) is 55.6 Å². The first-order chi connectivity index (χ1) is 25.2. The normalized spacial score (nSPS) is 13.6.